The summed E-state index contributed by atoms with van der Waals surface area (Å²) in [5.74, 6) is -0.443. The molecule has 0 bridgehead atoms. The zero-order valence-corrected chi connectivity index (χ0v) is 18.5. The number of aromatic nitrogens is 1. The van der Waals surface area contributed by atoms with Crippen LogP contribution in [0.4, 0.5) is 18.9 Å². The van der Waals surface area contributed by atoms with Gasteiger partial charge >= 0.3 is 6.18 Å². The normalized spacial score (nSPS) is 19.9. The number of carbonyl (C=O) groups excluding carboxylic acids is 2. The van der Waals surface area contributed by atoms with E-state index in [1.165, 1.54) is 23.9 Å². The smallest absolute Gasteiger partial charge is 0.349 e. The molecule has 1 unspecified atom stereocenters. The maximum Gasteiger partial charge on any atom is 0.418 e. The average molecular weight is 464 g/mol. The maximum atomic E-state index is 13.1. The van der Waals surface area contributed by atoms with E-state index in [2.05, 4.69) is 34.0 Å². The van der Waals surface area contributed by atoms with Crippen molar-refractivity contribution in [3.63, 3.8) is 0 Å². The summed E-state index contributed by atoms with van der Waals surface area (Å²) in [5, 5.41) is 2.37. The Morgan fingerprint density at radius 3 is 2.42 bits per heavy atom. The molecule has 0 radical (unpaired) electrons. The summed E-state index contributed by atoms with van der Waals surface area (Å²) in [6, 6.07) is 9.21. The molecule has 3 heterocycles. The highest BCUT2D eigenvalue weighted by atomic mass is 19.4. The predicted octanol–water partition coefficient (Wildman–Crippen LogP) is 2.67. The zero-order chi connectivity index (χ0) is 23.6. The molecule has 2 aliphatic rings. The highest BCUT2D eigenvalue weighted by Gasteiger charge is 2.34. The Kier molecular flexibility index (Phi) is 6.76. The van der Waals surface area contributed by atoms with Gasteiger partial charge in [-0.15, -0.1) is 0 Å². The molecule has 0 spiro atoms. The van der Waals surface area contributed by atoms with Crippen LogP contribution in [0.2, 0.25) is 0 Å². The van der Waals surface area contributed by atoms with Gasteiger partial charge in [-0.05, 0) is 31.2 Å². The van der Waals surface area contributed by atoms with Crippen LogP contribution in [0.15, 0.2) is 42.6 Å². The van der Waals surface area contributed by atoms with E-state index in [4.69, 9.17) is 0 Å². The number of carbonyl (C=O) groups is 2. The summed E-state index contributed by atoms with van der Waals surface area (Å²) >= 11 is 0. The number of nitrogens with zero attached hydrogens (tertiary/aromatic N) is 4. The number of rotatable bonds is 5. The van der Waals surface area contributed by atoms with E-state index in [1.54, 1.807) is 4.90 Å². The van der Waals surface area contributed by atoms with E-state index in [0.717, 1.165) is 19.2 Å². The predicted molar refractivity (Wildman–Crippen MR) is 118 cm³/mol. The first kappa shape index (κ1) is 23.3. The Morgan fingerprint density at radius 2 is 1.70 bits per heavy atom. The van der Waals surface area contributed by atoms with Crippen molar-refractivity contribution in [3.8, 4) is 0 Å². The number of para-hydroxylation sites is 1. The molecule has 1 aromatic carbocycles. The van der Waals surface area contributed by atoms with E-state index in [-0.39, 0.29) is 24.2 Å². The quantitative estimate of drug-likeness (QED) is 0.741. The van der Waals surface area contributed by atoms with Crippen LogP contribution in [0.3, 0.4) is 0 Å². The van der Waals surface area contributed by atoms with Gasteiger partial charge in [0.05, 0.1) is 24.3 Å². The summed E-state index contributed by atoms with van der Waals surface area (Å²) in [6.45, 7) is 6.08. The Bertz CT molecular complexity index is 998. The summed E-state index contributed by atoms with van der Waals surface area (Å²) in [7, 11) is 0. The lowest BCUT2D eigenvalue weighted by Gasteiger charge is -2.38. The van der Waals surface area contributed by atoms with Gasteiger partial charge in [-0.3, -0.25) is 19.4 Å². The van der Waals surface area contributed by atoms with Gasteiger partial charge in [-0.25, -0.2) is 0 Å². The van der Waals surface area contributed by atoms with Crippen LogP contribution < -0.4 is 5.32 Å². The first-order valence-corrected chi connectivity index (χ1v) is 11.1. The number of benzene rings is 1. The third-order valence-electron chi connectivity index (χ3n) is 6.41. The Morgan fingerprint density at radius 1 is 0.970 bits per heavy atom. The van der Waals surface area contributed by atoms with E-state index < -0.39 is 17.6 Å². The fourth-order valence-corrected chi connectivity index (χ4v) is 4.50. The molecule has 7 nitrogen and oxygen atoms in total. The van der Waals surface area contributed by atoms with Gasteiger partial charge in [0.25, 0.3) is 0 Å². The SMILES string of the molecule is CC1c2cccn2CCN1CC(=O)N1CCN(CC(=O)Nc2ccccc2C(F)(F)F)CC1. The minimum absolute atomic E-state index is 0.0195. The van der Waals surface area contributed by atoms with Crippen LogP contribution in [0.5, 0.6) is 0 Å². The number of hydrogen-bond acceptors (Lipinski definition) is 4. The van der Waals surface area contributed by atoms with Crippen molar-refractivity contribution < 1.29 is 22.8 Å². The van der Waals surface area contributed by atoms with Crippen LogP contribution in [0.1, 0.15) is 24.2 Å². The molecule has 1 fully saturated rings. The fraction of sp³-hybridized carbons (Fsp3) is 0.478. The van der Waals surface area contributed by atoms with Crippen LogP contribution in [-0.4, -0.2) is 76.9 Å². The number of anilines is 1. The molecular formula is C23H28F3N5O2. The average Bonchev–Trinajstić information content (AvgIpc) is 3.25. The van der Waals surface area contributed by atoms with Gasteiger partial charge in [0, 0.05) is 57.2 Å². The Balaban J connectivity index is 1.25. The summed E-state index contributed by atoms with van der Waals surface area (Å²) < 4.78 is 41.6. The number of fused-ring (bicyclic) bond motifs is 1. The number of piperazine rings is 1. The number of alkyl halides is 3. The molecule has 2 amide bonds. The molecule has 10 heteroatoms. The van der Waals surface area contributed by atoms with Crippen molar-refractivity contribution in [3.05, 3.63) is 53.9 Å². The monoisotopic (exact) mass is 463 g/mol. The second-order valence-corrected chi connectivity index (χ2v) is 8.52. The first-order valence-electron chi connectivity index (χ1n) is 11.1. The molecule has 0 aliphatic carbocycles. The standard InChI is InChI=1S/C23H28F3N5O2/c1-17-20-7-4-8-29(20)13-14-31(17)16-22(33)30-11-9-28(10-12-30)15-21(32)27-19-6-3-2-5-18(19)23(24,25)26/h2-8,17H,9-16H2,1H3,(H,27,32). The number of nitrogens with one attached hydrogen (secondary N) is 1. The van der Waals surface area contributed by atoms with Gasteiger partial charge < -0.3 is 14.8 Å². The minimum atomic E-state index is -4.54. The Hall–Kier alpha value is -2.85. The van der Waals surface area contributed by atoms with E-state index >= 15 is 0 Å². The van der Waals surface area contributed by atoms with Crippen LogP contribution in [0.25, 0.3) is 0 Å². The molecule has 1 saturated heterocycles. The molecule has 1 atom stereocenters. The molecule has 33 heavy (non-hydrogen) atoms. The second kappa shape index (κ2) is 9.56. The van der Waals surface area contributed by atoms with Crippen molar-refractivity contribution in [1.29, 1.82) is 0 Å². The van der Waals surface area contributed by atoms with Crippen molar-refractivity contribution in [2.24, 2.45) is 0 Å². The first-order chi connectivity index (χ1) is 15.7. The molecule has 2 aromatic rings. The molecule has 178 valence electrons. The van der Waals surface area contributed by atoms with Gasteiger partial charge in [-0.1, -0.05) is 12.1 Å². The van der Waals surface area contributed by atoms with Crippen molar-refractivity contribution >= 4 is 17.5 Å². The third-order valence-corrected chi connectivity index (χ3v) is 6.41. The number of hydrogen-bond donors (Lipinski definition) is 1. The second-order valence-electron chi connectivity index (χ2n) is 8.52. The number of amides is 2. The van der Waals surface area contributed by atoms with Crippen LogP contribution >= 0.6 is 0 Å². The molecule has 4 rings (SSSR count). The molecule has 2 aliphatic heterocycles. The fourth-order valence-electron chi connectivity index (χ4n) is 4.50. The molecule has 1 aromatic heterocycles. The van der Waals surface area contributed by atoms with Crippen molar-refractivity contribution in [2.75, 3.05) is 51.1 Å². The summed E-state index contributed by atoms with van der Waals surface area (Å²) in [6.07, 6.45) is -2.48. The van der Waals surface area contributed by atoms with Gasteiger partial charge in [-0.2, -0.15) is 13.2 Å². The largest absolute Gasteiger partial charge is 0.418 e. The zero-order valence-electron chi connectivity index (χ0n) is 18.5. The van der Waals surface area contributed by atoms with Crippen molar-refractivity contribution in [1.82, 2.24) is 19.3 Å². The highest BCUT2D eigenvalue weighted by molar-refractivity contribution is 5.93. The summed E-state index contributed by atoms with van der Waals surface area (Å²) in [4.78, 5) is 31.0. The van der Waals surface area contributed by atoms with Gasteiger partial charge in [0.1, 0.15) is 0 Å². The van der Waals surface area contributed by atoms with E-state index in [1.807, 2.05) is 11.0 Å². The van der Waals surface area contributed by atoms with E-state index in [0.29, 0.717) is 32.7 Å². The van der Waals surface area contributed by atoms with E-state index in [9.17, 15) is 22.8 Å². The molecular weight excluding hydrogens is 435 g/mol. The van der Waals surface area contributed by atoms with Crippen molar-refractivity contribution in [2.45, 2.75) is 25.7 Å². The lowest BCUT2D eigenvalue weighted by Crippen LogP contribution is -2.53. The van der Waals surface area contributed by atoms with Gasteiger partial charge in [0.2, 0.25) is 11.8 Å². The van der Waals surface area contributed by atoms with Crippen LogP contribution in [-0.2, 0) is 22.3 Å². The topological polar surface area (TPSA) is 60.8 Å². The molecule has 0 saturated carbocycles. The maximum absolute atomic E-state index is 13.1. The summed E-state index contributed by atoms with van der Waals surface area (Å²) in [5.41, 5.74) is 0.0931. The Labute approximate surface area is 190 Å². The number of halogens is 3. The minimum Gasteiger partial charge on any atom is -0.349 e. The lowest BCUT2D eigenvalue weighted by atomic mass is 10.1. The molecule has 1 N–H and O–H groups in total. The highest BCUT2D eigenvalue weighted by Crippen LogP contribution is 2.34. The lowest BCUT2D eigenvalue weighted by molar-refractivity contribution is -0.137. The third kappa shape index (κ3) is 5.39. The van der Waals surface area contributed by atoms with Crippen LogP contribution in [0, 0.1) is 0 Å². The van der Waals surface area contributed by atoms with Gasteiger partial charge in [0.15, 0.2) is 0 Å².